The van der Waals surface area contributed by atoms with E-state index >= 15 is 0 Å². The molecule has 2 rings (SSSR count). The molecule has 0 aromatic heterocycles. The van der Waals surface area contributed by atoms with Crippen LogP contribution in [0.5, 0.6) is 5.75 Å². The van der Waals surface area contributed by atoms with E-state index < -0.39 is 0 Å². The third-order valence-electron chi connectivity index (χ3n) is 1.67. The van der Waals surface area contributed by atoms with Gasteiger partial charge in [-0.15, -0.1) is 0 Å². The Morgan fingerprint density at radius 2 is 2.36 bits per heavy atom. The smallest absolute Gasteiger partial charge is 0.141 e. The third kappa shape index (κ3) is 1.30. The summed E-state index contributed by atoms with van der Waals surface area (Å²) >= 11 is 5.06. The fraction of sp³-hybridized carbons (Fsp3) is 0.250. The number of hydrogen-bond acceptors (Lipinski definition) is 2. The zero-order chi connectivity index (χ0) is 7.84. The second kappa shape index (κ2) is 2.57. The molecule has 3 heteroatoms. The lowest BCUT2D eigenvalue weighted by atomic mass is 10.1. The topological polar surface area (TPSA) is 9.23 Å². The van der Waals surface area contributed by atoms with Gasteiger partial charge in [0.25, 0.3) is 0 Å². The number of fused-ring (bicyclic) bond motifs is 1. The minimum Gasteiger partial charge on any atom is -0.423 e. The summed E-state index contributed by atoms with van der Waals surface area (Å²) in [5.74, 6) is 1.89. The molecule has 1 aromatic rings. The lowest BCUT2D eigenvalue weighted by molar-refractivity contribution is 0.655. The fourth-order valence-corrected chi connectivity index (χ4v) is 2.66. The van der Waals surface area contributed by atoms with Crippen molar-refractivity contribution in [3.05, 3.63) is 29.3 Å². The molecule has 0 aliphatic carbocycles. The fourth-order valence-electron chi connectivity index (χ4n) is 1.16. The van der Waals surface area contributed by atoms with E-state index in [1.807, 2.05) is 6.07 Å². The zero-order valence-electron chi connectivity index (χ0n) is 6.16. The van der Waals surface area contributed by atoms with Crippen LogP contribution in [0.1, 0.15) is 11.1 Å². The molecule has 1 atom stereocenters. The molecule has 11 heavy (non-hydrogen) atoms. The first-order valence-electron chi connectivity index (χ1n) is 3.42. The normalized spacial score (nSPS) is 21.0. The lowest BCUT2D eigenvalue weighted by Crippen LogP contribution is -1.88. The van der Waals surface area contributed by atoms with E-state index in [-0.39, 0.29) is 9.74 Å². The van der Waals surface area contributed by atoms with Gasteiger partial charge in [-0.25, -0.2) is 0 Å². The largest absolute Gasteiger partial charge is 0.423 e. The average Bonchev–Trinajstić information content (AvgIpc) is 2.27. The summed E-state index contributed by atoms with van der Waals surface area (Å²) in [4.78, 5) is 0. The zero-order valence-corrected chi connectivity index (χ0v) is 7.80. The Morgan fingerprint density at radius 1 is 1.55 bits per heavy atom. The van der Waals surface area contributed by atoms with Crippen molar-refractivity contribution in [2.45, 2.75) is 12.7 Å². The Hall–Kier alpha value is -0.410. The van der Waals surface area contributed by atoms with Crippen LogP contribution in [0, 0.1) is 6.92 Å². The monoisotopic (exact) mass is 184 g/mol. The molecule has 0 fully saturated rings. The lowest BCUT2D eigenvalue weighted by Gasteiger charge is -1.96. The first-order chi connectivity index (χ1) is 5.25. The second-order valence-electron chi connectivity index (χ2n) is 2.64. The number of aryl methyl sites for hydroxylation is 1. The molecule has 1 unspecified atom stereocenters. The maximum Gasteiger partial charge on any atom is 0.141 e. The molecule has 0 saturated carbocycles. The summed E-state index contributed by atoms with van der Waals surface area (Å²) in [6, 6.07) is 6.20. The molecule has 1 aromatic carbocycles. The average molecular weight is 184 g/mol. The third-order valence-corrected chi connectivity index (χ3v) is 3.14. The van der Waals surface area contributed by atoms with Gasteiger partial charge in [-0.3, -0.25) is 0 Å². The van der Waals surface area contributed by atoms with Gasteiger partial charge in [0, 0.05) is 5.56 Å². The molecule has 1 aliphatic heterocycles. The van der Waals surface area contributed by atoms with Gasteiger partial charge in [-0.1, -0.05) is 17.7 Å². The Morgan fingerprint density at radius 3 is 3.18 bits per heavy atom. The molecule has 0 spiro atoms. The standard InChI is InChI=1S/C8H8OS2/c1-6-2-3-8-7(4-6)5-11(10)9-8/h2-4H,5H2,1H3. The minimum atomic E-state index is -0.294. The van der Waals surface area contributed by atoms with Crippen LogP contribution in [-0.4, -0.2) is 0 Å². The maximum absolute atomic E-state index is 5.40. The quantitative estimate of drug-likeness (QED) is 0.609. The van der Waals surface area contributed by atoms with Crippen molar-refractivity contribution in [1.82, 2.24) is 0 Å². The van der Waals surface area contributed by atoms with Crippen molar-refractivity contribution >= 4 is 20.9 Å². The van der Waals surface area contributed by atoms with Gasteiger partial charge < -0.3 is 4.18 Å². The van der Waals surface area contributed by atoms with Crippen LogP contribution in [0.25, 0.3) is 0 Å². The Kier molecular flexibility index (Phi) is 1.69. The molecule has 1 heterocycles. The summed E-state index contributed by atoms with van der Waals surface area (Å²) in [5.41, 5.74) is 2.55. The molecule has 1 nitrogen and oxygen atoms in total. The summed E-state index contributed by atoms with van der Waals surface area (Å²) in [6.45, 7) is 2.08. The Balaban J connectivity index is 2.51. The van der Waals surface area contributed by atoms with Crippen LogP contribution in [0.2, 0.25) is 0 Å². The van der Waals surface area contributed by atoms with Crippen molar-refractivity contribution in [2.24, 2.45) is 0 Å². The molecule has 1 aliphatic rings. The van der Waals surface area contributed by atoms with Gasteiger partial charge in [0.2, 0.25) is 0 Å². The van der Waals surface area contributed by atoms with E-state index in [0.29, 0.717) is 0 Å². The molecule has 0 N–H and O–H groups in total. The predicted molar refractivity (Wildman–Crippen MR) is 50.2 cm³/mol. The van der Waals surface area contributed by atoms with Crippen LogP contribution in [0.3, 0.4) is 0 Å². The first-order valence-corrected chi connectivity index (χ1v) is 5.66. The van der Waals surface area contributed by atoms with Crippen molar-refractivity contribution in [3.63, 3.8) is 0 Å². The van der Waals surface area contributed by atoms with Crippen LogP contribution in [0.15, 0.2) is 18.2 Å². The molecular weight excluding hydrogens is 176 g/mol. The molecule has 0 saturated heterocycles. The highest BCUT2D eigenvalue weighted by atomic mass is 32.8. The molecule has 0 radical (unpaired) electrons. The van der Waals surface area contributed by atoms with Gasteiger partial charge >= 0.3 is 0 Å². The van der Waals surface area contributed by atoms with E-state index in [4.69, 9.17) is 15.4 Å². The molecule has 0 amide bonds. The Bertz CT molecular complexity index is 320. The summed E-state index contributed by atoms with van der Waals surface area (Å²) in [6.07, 6.45) is 0. The van der Waals surface area contributed by atoms with E-state index in [2.05, 4.69) is 19.1 Å². The highest BCUT2D eigenvalue weighted by Gasteiger charge is 2.15. The van der Waals surface area contributed by atoms with Crippen LogP contribution < -0.4 is 4.18 Å². The van der Waals surface area contributed by atoms with E-state index in [1.165, 1.54) is 11.1 Å². The summed E-state index contributed by atoms with van der Waals surface area (Å²) < 4.78 is 5.40. The maximum atomic E-state index is 5.40. The van der Waals surface area contributed by atoms with E-state index in [0.717, 1.165) is 11.5 Å². The van der Waals surface area contributed by atoms with Gasteiger partial charge in [-0.2, -0.15) is 0 Å². The number of benzene rings is 1. The van der Waals surface area contributed by atoms with E-state index in [9.17, 15) is 0 Å². The van der Waals surface area contributed by atoms with Crippen LogP contribution in [-0.2, 0) is 26.7 Å². The minimum absolute atomic E-state index is 0.294. The SMILES string of the molecule is Cc1ccc2c(c1)CS(=S)O2. The van der Waals surface area contributed by atoms with Crippen molar-refractivity contribution < 1.29 is 4.18 Å². The molecular formula is C8H8OS2. The van der Waals surface area contributed by atoms with Gasteiger partial charge in [-0.05, 0) is 24.2 Å². The first kappa shape index (κ1) is 7.25. The van der Waals surface area contributed by atoms with Gasteiger partial charge in [0.1, 0.15) is 5.75 Å². The van der Waals surface area contributed by atoms with Crippen molar-refractivity contribution in [1.29, 1.82) is 0 Å². The summed E-state index contributed by atoms with van der Waals surface area (Å²) in [7, 11) is -0.294. The van der Waals surface area contributed by atoms with Gasteiger partial charge in [0.05, 0.1) is 15.5 Å². The second-order valence-corrected chi connectivity index (χ2v) is 4.82. The number of rotatable bonds is 0. The highest BCUT2D eigenvalue weighted by molar-refractivity contribution is 8.26. The van der Waals surface area contributed by atoms with Crippen LogP contribution in [0.4, 0.5) is 0 Å². The van der Waals surface area contributed by atoms with Gasteiger partial charge in [0.15, 0.2) is 0 Å². The van der Waals surface area contributed by atoms with E-state index in [1.54, 1.807) is 0 Å². The van der Waals surface area contributed by atoms with Crippen LogP contribution >= 0.6 is 0 Å². The molecule has 0 bridgehead atoms. The molecule has 58 valence electrons. The number of hydrogen-bond donors (Lipinski definition) is 0. The predicted octanol–water partition coefficient (Wildman–Crippen LogP) is 1.88. The highest BCUT2D eigenvalue weighted by Crippen LogP contribution is 2.28. The Labute approximate surface area is 73.2 Å². The van der Waals surface area contributed by atoms with Crippen molar-refractivity contribution in [3.8, 4) is 5.75 Å². The summed E-state index contributed by atoms with van der Waals surface area (Å²) in [5, 5.41) is 0. The van der Waals surface area contributed by atoms with Crippen molar-refractivity contribution in [2.75, 3.05) is 0 Å².